The van der Waals surface area contributed by atoms with Crippen molar-refractivity contribution in [1.82, 2.24) is 0 Å². The number of benzene rings is 1. The van der Waals surface area contributed by atoms with Crippen molar-refractivity contribution in [2.75, 3.05) is 0 Å². The average Bonchev–Trinajstić information content (AvgIpc) is 2.29. The number of carboxylic acid groups (broad SMARTS) is 1. The van der Waals surface area contributed by atoms with Crippen molar-refractivity contribution in [2.45, 2.75) is 27.2 Å². The molecule has 1 aromatic rings. The lowest BCUT2D eigenvalue weighted by molar-refractivity contribution is -0.144. The van der Waals surface area contributed by atoms with Gasteiger partial charge in [-0.1, -0.05) is 6.92 Å². The summed E-state index contributed by atoms with van der Waals surface area (Å²) in [5.74, 6) is -0.957. The van der Waals surface area contributed by atoms with Crippen molar-refractivity contribution in [2.24, 2.45) is 5.41 Å². The molecular weight excluding hydrogens is 220 g/mol. The number of ether oxygens (including phenoxy) is 1. The Morgan fingerprint density at radius 3 is 2.18 bits per heavy atom. The molecule has 0 aromatic heterocycles. The zero-order valence-corrected chi connectivity index (χ0v) is 10.2. The van der Waals surface area contributed by atoms with Gasteiger partial charge in [0.25, 0.3) is 0 Å². The molecule has 0 amide bonds. The molecule has 0 aliphatic rings. The van der Waals surface area contributed by atoms with Crippen LogP contribution in [0.4, 0.5) is 0 Å². The predicted molar refractivity (Wildman–Crippen MR) is 63.1 cm³/mol. The third kappa shape index (κ3) is 3.31. The van der Waals surface area contributed by atoms with Crippen molar-refractivity contribution in [3.63, 3.8) is 0 Å². The maximum absolute atomic E-state index is 11.7. The van der Waals surface area contributed by atoms with Crippen molar-refractivity contribution in [1.29, 1.82) is 0 Å². The molecule has 1 N–H and O–H groups in total. The van der Waals surface area contributed by atoms with Crippen LogP contribution in [0.1, 0.15) is 37.6 Å². The third-order valence-electron chi connectivity index (χ3n) is 2.75. The van der Waals surface area contributed by atoms with E-state index in [1.165, 1.54) is 24.3 Å². The predicted octanol–water partition coefficient (Wildman–Crippen LogP) is 2.73. The minimum atomic E-state index is -1.00. The third-order valence-corrected chi connectivity index (χ3v) is 2.75. The van der Waals surface area contributed by atoms with Gasteiger partial charge in [-0.05, 0) is 44.5 Å². The van der Waals surface area contributed by atoms with Crippen LogP contribution in [0.5, 0.6) is 5.75 Å². The number of hydrogen-bond donors (Lipinski definition) is 1. The molecule has 0 aliphatic carbocycles. The number of aromatic carboxylic acids is 1. The molecule has 4 heteroatoms. The Morgan fingerprint density at radius 1 is 1.24 bits per heavy atom. The molecule has 0 spiro atoms. The summed E-state index contributed by atoms with van der Waals surface area (Å²) < 4.78 is 5.17. The second-order valence-corrected chi connectivity index (χ2v) is 4.46. The fourth-order valence-corrected chi connectivity index (χ4v) is 1.06. The zero-order valence-electron chi connectivity index (χ0n) is 10.2. The number of rotatable bonds is 4. The van der Waals surface area contributed by atoms with Crippen LogP contribution < -0.4 is 4.74 Å². The van der Waals surface area contributed by atoms with E-state index in [9.17, 15) is 9.59 Å². The first-order valence-electron chi connectivity index (χ1n) is 5.42. The van der Waals surface area contributed by atoms with E-state index in [0.29, 0.717) is 12.2 Å². The van der Waals surface area contributed by atoms with Crippen LogP contribution in [0.25, 0.3) is 0 Å². The lowest BCUT2D eigenvalue weighted by Crippen LogP contribution is -2.28. The first kappa shape index (κ1) is 13.2. The lowest BCUT2D eigenvalue weighted by atomic mass is 9.91. The summed E-state index contributed by atoms with van der Waals surface area (Å²) in [7, 11) is 0. The first-order valence-corrected chi connectivity index (χ1v) is 5.42. The van der Waals surface area contributed by atoms with Gasteiger partial charge in [-0.3, -0.25) is 4.79 Å². The molecule has 4 nitrogen and oxygen atoms in total. The molecule has 0 fully saturated rings. The van der Waals surface area contributed by atoms with Gasteiger partial charge in [0, 0.05) is 0 Å². The van der Waals surface area contributed by atoms with Gasteiger partial charge in [0.15, 0.2) is 0 Å². The summed E-state index contributed by atoms with van der Waals surface area (Å²) in [6.45, 7) is 5.52. The van der Waals surface area contributed by atoms with E-state index in [1.54, 1.807) is 13.8 Å². The normalized spacial score (nSPS) is 11.0. The summed E-state index contributed by atoms with van der Waals surface area (Å²) in [5, 5.41) is 8.72. The van der Waals surface area contributed by atoms with Crippen LogP contribution in [0.3, 0.4) is 0 Å². The second kappa shape index (κ2) is 4.99. The van der Waals surface area contributed by atoms with Crippen molar-refractivity contribution in [3.8, 4) is 5.75 Å². The largest absolute Gasteiger partial charge is 0.478 e. The molecule has 0 saturated heterocycles. The summed E-state index contributed by atoms with van der Waals surface area (Å²) in [6, 6.07) is 5.77. The van der Waals surface area contributed by atoms with Gasteiger partial charge in [0.05, 0.1) is 11.0 Å². The van der Waals surface area contributed by atoms with Gasteiger partial charge in [0.1, 0.15) is 5.75 Å². The molecular formula is C13H16O4. The molecule has 17 heavy (non-hydrogen) atoms. The van der Waals surface area contributed by atoms with Crippen molar-refractivity contribution in [3.05, 3.63) is 29.8 Å². The fourth-order valence-electron chi connectivity index (χ4n) is 1.06. The SMILES string of the molecule is CCC(C)(C)C(=O)Oc1ccc(C(=O)O)cc1. The Balaban J connectivity index is 2.76. The quantitative estimate of drug-likeness (QED) is 0.645. The number of carbonyl (C=O) groups is 2. The fraction of sp³-hybridized carbons (Fsp3) is 0.385. The standard InChI is InChI=1S/C13H16O4/c1-4-13(2,3)12(16)17-10-7-5-9(6-8-10)11(14)15/h5-8H,4H2,1-3H3,(H,14,15). The molecule has 1 rings (SSSR count). The van der Waals surface area contributed by atoms with E-state index in [4.69, 9.17) is 9.84 Å². The van der Waals surface area contributed by atoms with Crippen LogP contribution >= 0.6 is 0 Å². The van der Waals surface area contributed by atoms with E-state index in [1.807, 2.05) is 6.92 Å². The van der Waals surface area contributed by atoms with Crippen LogP contribution in [-0.2, 0) is 4.79 Å². The maximum atomic E-state index is 11.7. The van der Waals surface area contributed by atoms with Gasteiger partial charge in [-0.2, -0.15) is 0 Å². The summed E-state index contributed by atoms with van der Waals surface area (Å²) in [6.07, 6.45) is 0.680. The monoisotopic (exact) mass is 236 g/mol. The molecule has 92 valence electrons. The highest BCUT2D eigenvalue weighted by atomic mass is 16.5. The maximum Gasteiger partial charge on any atom is 0.335 e. The number of carboxylic acids is 1. The molecule has 0 radical (unpaired) electrons. The summed E-state index contributed by atoms with van der Waals surface area (Å²) in [4.78, 5) is 22.4. The average molecular weight is 236 g/mol. The van der Waals surface area contributed by atoms with Gasteiger partial charge in [0.2, 0.25) is 0 Å². The van der Waals surface area contributed by atoms with Crippen molar-refractivity contribution < 1.29 is 19.4 Å². The number of esters is 1. The molecule has 0 heterocycles. The highest BCUT2D eigenvalue weighted by Gasteiger charge is 2.27. The van der Waals surface area contributed by atoms with Gasteiger partial charge >= 0.3 is 11.9 Å². The summed E-state index contributed by atoms with van der Waals surface area (Å²) >= 11 is 0. The molecule has 0 unspecified atom stereocenters. The number of carbonyl (C=O) groups excluding carboxylic acids is 1. The minimum Gasteiger partial charge on any atom is -0.478 e. The Hall–Kier alpha value is -1.84. The summed E-state index contributed by atoms with van der Waals surface area (Å²) in [5.41, 5.74) is -0.370. The van der Waals surface area contributed by atoms with E-state index in [0.717, 1.165) is 0 Å². The van der Waals surface area contributed by atoms with Crippen LogP contribution in [0.2, 0.25) is 0 Å². The van der Waals surface area contributed by atoms with E-state index >= 15 is 0 Å². The number of hydrogen-bond acceptors (Lipinski definition) is 3. The van der Waals surface area contributed by atoms with E-state index in [-0.39, 0.29) is 11.5 Å². The molecule has 0 aliphatic heterocycles. The Labute approximate surface area is 100 Å². The highest BCUT2D eigenvalue weighted by Crippen LogP contribution is 2.23. The Bertz CT molecular complexity index is 418. The minimum absolute atomic E-state index is 0.166. The first-order chi connectivity index (χ1) is 7.86. The Kier molecular flexibility index (Phi) is 3.89. The topological polar surface area (TPSA) is 63.6 Å². The molecule has 1 aromatic carbocycles. The van der Waals surface area contributed by atoms with E-state index in [2.05, 4.69) is 0 Å². The second-order valence-electron chi connectivity index (χ2n) is 4.46. The van der Waals surface area contributed by atoms with Crippen LogP contribution in [0, 0.1) is 5.41 Å². The van der Waals surface area contributed by atoms with Crippen molar-refractivity contribution >= 4 is 11.9 Å². The smallest absolute Gasteiger partial charge is 0.335 e. The van der Waals surface area contributed by atoms with Crippen LogP contribution in [0.15, 0.2) is 24.3 Å². The molecule has 0 bridgehead atoms. The van der Waals surface area contributed by atoms with Gasteiger partial charge < -0.3 is 9.84 Å². The van der Waals surface area contributed by atoms with Gasteiger partial charge in [-0.25, -0.2) is 4.79 Å². The zero-order chi connectivity index (χ0) is 13.1. The lowest BCUT2D eigenvalue weighted by Gasteiger charge is -2.19. The molecule has 0 saturated carbocycles. The van der Waals surface area contributed by atoms with Crippen LogP contribution in [-0.4, -0.2) is 17.0 Å². The van der Waals surface area contributed by atoms with Gasteiger partial charge in [-0.15, -0.1) is 0 Å². The highest BCUT2D eigenvalue weighted by molar-refractivity contribution is 5.87. The molecule has 0 atom stereocenters. The Morgan fingerprint density at radius 2 is 1.76 bits per heavy atom. The van der Waals surface area contributed by atoms with E-state index < -0.39 is 11.4 Å².